The molecule has 0 saturated carbocycles. The van der Waals surface area contributed by atoms with E-state index in [-0.39, 0.29) is 11.3 Å². The van der Waals surface area contributed by atoms with Gasteiger partial charge in [0.2, 0.25) is 0 Å². The number of hydrazone groups is 1. The Labute approximate surface area is 127 Å². The van der Waals surface area contributed by atoms with Crippen molar-refractivity contribution in [3.63, 3.8) is 0 Å². The first-order valence-corrected chi connectivity index (χ1v) is 6.64. The van der Waals surface area contributed by atoms with E-state index in [2.05, 4.69) is 10.5 Å². The van der Waals surface area contributed by atoms with E-state index in [1.807, 2.05) is 30.3 Å². The van der Waals surface area contributed by atoms with E-state index in [1.165, 1.54) is 18.2 Å². The number of hydrogen-bond acceptors (Lipinski definition) is 4. The zero-order chi connectivity index (χ0) is 16.1. The van der Waals surface area contributed by atoms with Crippen LogP contribution in [0.25, 0.3) is 0 Å². The third kappa shape index (κ3) is 3.35. The van der Waals surface area contributed by atoms with Crippen LogP contribution in [0.15, 0.2) is 53.6 Å². The molecule has 112 valence electrons. The van der Waals surface area contributed by atoms with E-state index in [0.29, 0.717) is 11.3 Å². The molecule has 2 aromatic carbocycles. The van der Waals surface area contributed by atoms with Gasteiger partial charge in [0.05, 0.1) is 16.2 Å². The maximum absolute atomic E-state index is 12.1. The minimum Gasteiger partial charge on any atom is -0.267 e. The Bertz CT molecular complexity index is 740. The van der Waals surface area contributed by atoms with Crippen LogP contribution in [0.4, 0.5) is 5.69 Å². The van der Waals surface area contributed by atoms with Gasteiger partial charge < -0.3 is 0 Å². The standard InChI is InChI=1S/C16H15N3O3/c1-11-14(9-6-10-15(11)19(21)22)16(20)18-17-12(2)13-7-4-3-5-8-13/h3-10H,1-2H3,(H,18,20)/b17-12-. The van der Waals surface area contributed by atoms with Crippen LogP contribution in [0.2, 0.25) is 0 Å². The number of hydrogen-bond donors (Lipinski definition) is 1. The van der Waals surface area contributed by atoms with Gasteiger partial charge in [0.1, 0.15) is 0 Å². The second-order valence-corrected chi connectivity index (χ2v) is 4.71. The Morgan fingerprint density at radius 1 is 1.14 bits per heavy atom. The van der Waals surface area contributed by atoms with Gasteiger partial charge in [-0.25, -0.2) is 5.43 Å². The number of amides is 1. The van der Waals surface area contributed by atoms with Gasteiger partial charge in [-0.2, -0.15) is 5.10 Å². The van der Waals surface area contributed by atoms with Crippen molar-refractivity contribution in [2.45, 2.75) is 13.8 Å². The summed E-state index contributed by atoms with van der Waals surface area (Å²) in [6.07, 6.45) is 0. The monoisotopic (exact) mass is 297 g/mol. The second-order valence-electron chi connectivity index (χ2n) is 4.71. The van der Waals surface area contributed by atoms with Gasteiger partial charge in [0, 0.05) is 11.6 Å². The van der Waals surface area contributed by atoms with Crippen LogP contribution in [-0.4, -0.2) is 16.5 Å². The lowest BCUT2D eigenvalue weighted by atomic mass is 10.1. The van der Waals surface area contributed by atoms with Crippen LogP contribution in [0, 0.1) is 17.0 Å². The molecule has 0 fully saturated rings. The molecule has 0 spiro atoms. The molecule has 0 aliphatic rings. The van der Waals surface area contributed by atoms with Crippen molar-refractivity contribution in [3.8, 4) is 0 Å². The van der Waals surface area contributed by atoms with Crippen molar-refractivity contribution in [2.24, 2.45) is 5.10 Å². The molecule has 0 aliphatic carbocycles. The highest BCUT2D eigenvalue weighted by Crippen LogP contribution is 2.20. The smallest absolute Gasteiger partial charge is 0.267 e. The van der Waals surface area contributed by atoms with Crippen LogP contribution < -0.4 is 5.43 Å². The highest BCUT2D eigenvalue weighted by atomic mass is 16.6. The van der Waals surface area contributed by atoms with Crippen molar-refractivity contribution >= 4 is 17.3 Å². The molecule has 0 radical (unpaired) electrons. The van der Waals surface area contributed by atoms with E-state index < -0.39 is 10.8 Å². The summed E-state index contributed by atoms with van der Waals surface area (Å²) in [6, 6.07) is 13.8. The molecule has 0 aliphatic heterocycles. The first-order valence-electron chi connectivity index (χ1n) is 6.64. The highest BCUT2D eigenvalue weighted by Gasteiger charge is 2.17. The van der Waals surface area contributed by atoms with E-state index in [4.69, 9.17) is 0 Å². The average Bonchev–Trinajstić information content (AvgIpc) is 2.53. The van der Waals surface area contributed by atoms with Gasteiger partial charge in [0.25, 0.3) is 11.6 Å². The lowest BCUT2D eigenvalue weighted by Gasteiger charge is -2.06. The van der Waals surface area contributed by atoms with E-state index in [0.717, 1.165) is 5.56 Å². The van der Waals surface area contributed by atoms with Crippen LogP contribution in [0.1, 0.15) is 28.4 Å². The number of nitrogens with one attached hydrogen (secondary N) is 1. The van der Waals surface area contributed by atoms with Gasteiger partial charge in [-0.15, -0.1) is 0 Å². The SMILES string of the molecule is C/C(=N/NC(=O)c1cccc([N+](=O)[O-])c1C)c1ccccc1. The maximum atomic E-state index is 12.1. The first kappa shape index (κ1) is 15.4. The normalized spacial score (nSPS) is 11.1. The summed E-state index contributed by atoms with van der Waals surface area (Å²) in [5.74, 6) is -0.475. The summed E-state index contributed by atoms with van der Waals surface area (Å²) in [5, 5.41) is 14.9. The van der Waals surface area contributed by atoms with Gasteiger partial charge >= 0.3 is 0 Å². The third-order valence-corrected chi connectivity index (χ3v) is 3.26. The predicted molar refractivity (Wildman–Crippen MR) is 84.0 cm³/mol. The molecule has 0 bridgehead atoms. The van der Waals surface area contributed by atoms with Crippen LogP contribution in [0.3, 0.4) is 0 Å². The van der Waals surface area contributed by atoms with E-state index >= 15 is 0 Å². The summed E-state index contributed by atoms with van der Waals surface area (Å²) in [5.41, 5.74) is 4.43. The number of nitro groups is 1. The number of benzene rings is 2. The van der Waals surface area contributed by atoms with Gasteiger partial charge in [-0.1, -0.05) is 36.4 Å². The summed E-state index contributed by atoms with van der Waals surface area (Å²) in [7, 11) is 0. The molecular weight excluding hydrogens is 282 g/mol. The van der Waals surface area contributed by atoms with Crippen molar-refractivity contribution in [3.05, 3.63) is 75.3 Å². The number of nitrogens with zero attached hydrogens (tertiary/aromatic N) is 2. The summed E-state index contributed by atoms with van der Waals surface area (Å²) in [4.78, 5) is 22.5. The Kier molecular flexibility index (Phi) is 4.63. The highest BCUT2D eigenvalue weighted by molar-refractivity contribution is 6.01. The van der Waals surface area contributed by atoms with Gasteiger partial charge in [-0.3, -0.25) is 14.9 Å². The largest absolute Gasteiger partial charge is 0.273 e. The number of carbonyl (C=O) groups is 1. The minimum absolute atomic E-state index is 0.0867. The van der Waals surface area contributed by atoms with Gasteiger partial charge in [0.15, 0.2) is 0 Å². The fourth-order valence-corrected chi connectivity index (χ4v) is 2.01. The predicted octanol–water partition coefficient (Wildman–Crippen LogP) is 3.06. The van der Waals surface area contributed by atoms with Crippen LogP contribution >= 0.6 is 0 Å². The fourth-order valence-electron chi connectivity index (χ4n) is 2.01. The van der Waals surface area contributed by atoms with Crippen LogP contribution in [-0.2, 0) is 0 Å². The Hall–Kier alpha value is -3.02. The molecule has 2 rings (SSSR count). The lowest BCUT2D eigenvalue weighted by Crippen LogP contribution is -2.20. The van der Waals surface area contributed by atoms with Gasteiger partial charge in [-0.05, 0) is 25.5 Å². The van der Waals surface area contributed by atoms with Crippen molar-refractivity contribution < 1.29 is 9.72 Å². The first-order chi connectivity index (χ1) is 10.5. The molecule has 0 atom stereocenters. The summed E-state index contributed by atoms with van der Waals surface area (Å²) in [6.45, 7) is 3.32. The van der Waals surface area contributed by atoms with Crippen molar-refractivity contribution in [2.75, 3.05) is 0 Å². The fraction of sp³-hybridized carbons (Fsp3) is 0.125. The third-order valence-electron chi connectivity index (χ3n) is 3.26. The van der Waals surface area contributed by atoms with E-state index in [9.17, 15) is 14.9 Å². The molecule has 0 heterocycles. The molecule has 2 aromatic rings. The number of rotatable bonds is 4. The molecule has 0 unspecified atom stereocenters. The number of carbonyl (C=O) groups excluding carboxylic acids is 1. The molecule has 0 saturated heterocycles. The Balaban J connectivity index is 2.20. The molecule has 6 heteroatoms. The zero-order valence-corrected chi connectivity index (χ0v) is 12.2. The Morgan fingerprint density at radius 3 is 2.45 bits per heavy atom. The molecule has 1 N–H and O–H groups in total. The number of nitro benzene ring substituents is 1. The maximum Gasteiger partial charge on any atom is 0.273 e. The second kappa shape index (κ2) is 6.62. The summed E-state index contributed by atoms with van der Waals surface area (Å²) >= 11 is 0. The van der Waals surface area contributed by atoms with E-state index in [1.54, 1.807) is 13.8 Å². The zero-order valence-electron chi connectivity index (χ0n) is 12.2. The summed E-state index contributed by atoms with van der Waals surface area (Å²) < 4.78 is 0. The molecule has 1 amide bonds. The van der Waals surface area contributed by atoms with Crippen molar-refractivity contribution in [1.29, 1.82) is 0 Å². The quantitative estimate of drug-likeness (QED) is 0.534. The van der Waals surface area contributed by atoms with Crippen molar-refractivity contribution in [1.82, 2.24) is 5.43 Å². The molecular formula is C16H15N3O3. The Morgan fingerprint density at radius 2 is 1.82 bits per heavy atom. The molecule has 0 aromatic heterocycles. The average molecular weight is 297 g/mol. The minimum atomic E-state index is -0.509. The van der Waals surface area contributed by atoms with Crippen LogP contribution in [0.5, 0.6) is 0 Å². The molecule has 22 heavy (non-hydrogen) atoms. The lowest BCUT2D eigenvalue weighted by molar-refractivity contribution is -0.385. The topological polar surface area (TPSA) is 84.6 Å². The molecule has 6 nitrogen and oxygen atoms in total.